The number of rotatable bonds is 10. The predicted octanol–water partition coefficient (Wildman–Crippen LogP) is 4.51. The third-order valence-electron chi connectivity index (χ3n) is 4.53. The summed E-state index contributed by atoms with van der Waals surface area (Å²) in [5.74, 6) is 0.726. The molecule has 2 atom stereocenters. The molecule has 1 rings (SSSR count). The minimum absolute atomic E-state index is 0.146. The molecule has 0 spiro atoms. The van der Waals surface area contributed by atoms with Crippen molar-refractivity contribution in [2.45, 2.75) is 66.1 Å². The summed E-state index contributed by atoms with van der Waals surface area (Å²) >= 11 is 0. The Morgan fingerprint density at radius 3 is 2.04 bits per heavy atom. The second-order valence-electron chi connectivity index (χ2n) is 8.76. The summed E-state index contributed by atoms with van der Waals surface area (Å²) in [6.07, 6.45) is -0.310. The topological polar surface area (TPSA) is 82.1 Å². The molecule has 27 heavy (non-hydrogen) atoms. The average molecular weight is 403 g/mol. The number of benzene rings is 1. The zero-order valence-electron chi connectivity index (χ0n) is 17.5. The lowest BCUT2D eigenvalue weighted by Gasteiger charge is -2.45. The van der Waals surface area contributed by atoms with Crippen LogP contribution < -0.4 is 4.74 Å². The van der Waals surface area contributed by atoms with E-state index < -0.39 is 26.8 Å². The molecule has 0 bridgehead atoms. The van der Waals surface area contributed by atoms with Crippen LogP contribution in [0.1, 0.15) is 54.9 Å². The number of ether oxygens (including phenoxy) is 3. The highest BCUT2D eigenvalue weighted by Gasteiger charge is 2.54. The largest absolute Gasteiger partial charge is 0.491 e. The molecule has 1 aromatic rings. The van der Waals surface area contributed by atoms with E-state index in [0.29, 0.717) is 13.0 Å². The molecule has 0 aliphatic carbocycles. The Morgan fingerprint density at radius 1 is 1.00 bits per heavy atom. The van der Waals surface area contributed by atoms with Crippen molar-refractivity contribution in [3.8, 4) is 5.75 Å². The van der Waals surface area contributed by atoms with Crippen molar-refractivity contribution in [3.63, 3.8) is 0 Å². The Morgan fingerprint density at radius 2 is 1.56 bits per heavy atom. The molecule has 0 aliphatic rings. The van der Waals surface area contributed by atoms with E-state index in [0.717, 1.165) is 5.75 Å². The highest BCUT2D eigenvalue weighted by Crippen LogP contribution is 2.46. The van der Waals surface area contributed by atoms with Crippen molar-refractivity contribution in [1.82, 2.24) is 0 Å². The van der Waals surface area contributed by atoms with Crippen LogP contribution in [0.3, 0.4) is 0 Å². The smallest absolute Gasteiger partial charge is 0.295 e. The van der Waals surface area contributed by atoms with Crippen LogP contribution >= 0.6 is 0 Å². The molecule has 1 N–H and O–H groups in total. The van der Waals surface area contributed by atoms with Crippen LogP contribution in [0.2, 0.25) is 0 Å². The van der Waals surface area contributed by atoms with Gasteiger partial charge in [-0.3, -0.25) is 4.55 Å². The fraction of sp³-hybridized carbons (Fsp3) is 0.700. The summed E-state index contributed by atoms with van der Waals surface area (Å²) in [5, 5.41) is 0. The highest BCUT2D eigenvalue weighted by atomic mass is 32.2. The van der Waals surface area contributed by atoms with E-state index in [1.54, 1.807) is 20.8 Å². The highest BCUT2D eigenvalue weighted by molar-refractivity contribution is 7.87. The van der Waals surface area contributed by atoms with E-state index in [1.807, 2.05) is 51.1 Å². The molecule has 0 fully saturated rings. The van der Waals surface area contributed by atoms with E-state index in [4.69, 9.17) is 14.2 Å². The maximum atomic E-state index is 12.2. The van der Waals surface area contributed by atoms with Crippen LogP contribution in [-0.2, 0) is 19.6 Å². The minimum atomic E-state index is -4.50. The normalized spacial score (nSPS) is 16.6. The maximum absolute atomic E-state index is 12.2. The Kier molecular flexibility index (Phi) is 7.88. The molecule has 0 saturated carbocycles. The fourth-order valence-corrected chi connectivity index (χ4v) is 4.32. The first-order chi connectivity index (χ1) is 12.2. The van der Waals surface area contributed by atoms with Gasteiger partial charge in [-0.1, -0.05) is 52.8 Å². The van der Waals surface area contributed by atoms with Gasteiger partial charge in [-0.15, -0.1) is 0 Å². The molecule has 7 heteroatoms. The van der Waals surface area contributed by atoms with Gasteiger partial charge in [0.15, 0.2) is 11.2 Å². The van der Waals surface area contributed by atoms with Crippen molar-refractivity contribution in [1.29, 1.82) is 0 Å². The molecule has 156 valence electrons. The van der Waals surface area contributed by atoms with Crippen LogP contribution in [-0.4, -0.2) is 37.4 Å². The first-order valence-corrected chi connectivity index (χ1v) is 10.6. The zero-order chi connectivity index (χ0) is 20.9. The molecule has 2 unspecified atom stereocenters. The minimum Gasteiger partial charge on any atom is -0.491 e. The van der Waals surface area contributed by atoms with Crippen molar-refractivity contribution < 1.29 is 27.2 Å². The zero-order valence-corrected chi connectivity index (χ0v) is 18.3. The molecule has 0 radical (unpaired) electrons. The molecule has 0 heterocycles. The number of para-hydroxylation sites is 1. The van der Waals surface area contributed by atoms with Gasteiger partial charge in [0.2, 0.25) is 0 Å². The lowest BCUT2D eigenvalue weighted by atomic mass is 9.73. The van der Waals surface area contributed by atoms with Crippen LogP contribution in [0.25, 0.3) is 0 Å². The first kappa shape index (κ1) is 23.9. The van der Waals surface area contributed by atoms with Gasteiger partial charge >= 0.3 is 0 Å². The fourth-order valence-electron chi connectivity index (χ4n) is 3.30. The summed E-state index contributed by atoms with van der Waals surface area (Å²) in [7, 11) is -4.50. The van der Waals surface area contributed by atoms with Gasteiger partial charge in [0.25, 0.3) is 10.1 Å². The van der Waals surface area contributed by atoms with Crippen molar-refractivity contribution in [2.24, 2.45) is 10.8 Å². The van der Waals surface area contributed by atoms with E-state index in [1.165, 1.54) is 6.92 Å². The Balaban J connectivity index is 2.73. The summed E-state index contributed by atoms with van der Waals surface area (Å²) in [6.45, 7) is 13.1. The monoisotopic (exact) mass is 402 g/mol. The van der Waals surface area contributed by atoms with Gasteiger partial charge in [-0.25, -0.2) is 0 Å². The van der Waals surface area contributed by atoms with Crippen LogP contribution in [0.4, 0.5) is 0 Å². The van der Waals surface area contributed by atoms with Crippen LogP contribution in [0, 0.1) is 10.8 Å². The Hall–Kier alpha value is -1.15. The third-order valence-corrected chi connectivity index (χ3v) is 6.17. The molecule has 1 aromatic carbocycles. The molecule has 0 aromatic heterocycles. The summed E-state index contributed by atoms with van der Waals surface area (Å²) < 4.78 is 51.1. The summed E-state index contributed by atoms with van der Waals surface area (Å²) in [5.41, 5.74) is -0.997. The first-order valence-electron chi connectivity index (χ1n) is 9.12. The Labute approximate surface area is 164 Å². The molecule has 0 saturated heterocycles. The molecule has 6 nitrogen and oxygen atoms in total. The summed E-state index contributed by atoms with van der Waals surface area (Å²) in [4.78, 5) is -1.81. The van der Waals surface area contributed by atoms with Crippen molar-refractivity contribution in [2.75, 3.05) is 13.2 Å². The van der Waals surface area contributed by atoms with Gasteiger partial charge in [-0.2, -0.15) is 8.42 Å². The van der Waals surface area contributed by atoms with Crippen molar-refractivity contribution in [3.05, 3.63) is 30.3 Å². The average Bonchev–Trinajstić information content (AvgIpc) is 2.49. The van der Waals surface area contributed by atoms with Gasteiger partial charge in [0.1, 0.15) is 12.4 Å². The van der Waals surface area contributed by atoms with Crippen molar-refractivity contribution >= 4 is 10.1 Å². The number of hydrogen-bond acceptors (Lipinski definition) is 5. The van der Waals surface area contributed by atoms with E-state index in [-0.39, 0.29) is 12.0 Å². The van der Waals surface area contributed by atoms with Gasteiger partial charge < -0.3 is 14.2 Å². The maximum Gasteiger partial charge on any atom is 0.295 e. The van der Waals surface area contributed by atoms with E-state index in [2.05, 4.69) is 0 Å². The Bertz CT molecular complexity index is 678. The van der Waals surface area contributed by atoms with Crippen LogP contribution in [0.5, 0.6) is 5.75 Å². The van der Waals surface area contributed by atoms with E-state index >= 15 is 0 Å². The molecular weight excluding hydrogens is 368 g/mol. The molecule has 0 aliphatic heterocycles. The van der Waals surface area contributed by atoms with Crippen LogP contribution in [0.15, 0.2) is 30.3 Å². The SMILES string of the molecule is CC(OCCOc1ccccc1)OC(C)(C(C)(C)CC(C)(C)C)S(=O)(=O)O. The van der Waals surface area contributed by atoms with E-state index in [9.17, 15) is 13.0 Å². The number of hydrogen-bond donors (Lipinski definition) is 1. The van der Waals surface area contributed by atoms with Gasteiger partial charge in [0.05, 0.1) is 6.61 Å². The second-order valence-corrected chi connectivity index (χ2v) is 10.5. The second kappa shape index (κ2) is 8.90. The predicted molar refractivity (Wildman–Crippen MR) is 106 cm³/mol. The quantitative estimate of drug-likeness (QED) is 0.352. The molecular formula is C20H34O6S. The lowest BCUT2D eigenvalue weighted by Crippen LogP contribution is -2.53. The standard InChI is InChI=1S/C20H34O6S/c1-16(24-13-14-25-17-11-9-8-10-12-17)26-20(7,27(21,22)23)19(5,6)15-18(2,3)4/h8-12,16H,13-15H2,1-7H3,(H,21,22,23). The van der Waals surface area contributed by atoms with Gasteiger partial charge in [-0.05, 0) is 37.8 Å². The molecule has 0 amide bonds. The van der Waals surface area contributed by atoms with Gasteiger partial charge in [0, 0.05) is 5.41 Å². The summed E-state index contributed by atoms with van der Waals surface area (Å²) in [6, 6.07) is 9.32. The lowest BCUT2D eigenvalue weighted by molar-refractivity contribution is -0.204. The third kappa shape index (κ3) is 7.07.